The fourth-order valence-electron chi connectivity index (χ4n) is 2.64. The van der Waals surface area contributed by atoms with Crippen LogP contribution in [0.5, 0.6) is 11.5 Å². The molecule has 1 aromatic carbocycles. The number of methoxy groups -OCH3 is 2. The number of benzene rings is 1. The van der Waals surface area contributed by atoms with E-state index in [-0.39, 0.29) is 12.4 Å². The molecule has 1 aliphatic rings. The highest BCUT2D eigenvalue weighted by molar-refractivity contribution is 6.32. The van der Waals surface area contributed by atoms with Gasteiger partial charge in [-0.2, -0.15) is 4.98 Å². The van der Waals surface area contributed by atoms with Gasteiger partial charge in [0.1, 0.15) is 0 Å². The Bertz CT molecular complexity index is 657. The number of nitrogens with zero attached hydrogens (tertiary/aromatic N) is 2. The van der Waals surface area contributed by atoms with Crippen molar-refractivity contribution in [2.24, 2.45) is 0 Å². The Morgan fingerprint density at radius 3 is 2.83 bits per heavy atom. The average Bonchev–Trinajstić information content (AvgIpc) is 3.18. The summed E-state index contributed by atoms with van der Waals surface area (Å²) in [5.41, 5.74) is 0.733. The van der Waals surface area contributed by atoms with E-state index in [0.717, 1.165) is 24.9 Å². The minimum Gasteiger partial charge on any atom is -0.493 e. The molecule has 126 valence electrons. The van der Waals surface area contributed by atoms with Crippen molar-refractivity contribution in [2.45, 2.75) is 25.3 Å². The van der Waals surface area contributed by atoms with E-state index in [1.807, 2.05) is 0 Å². The van der Waals surface area contributed by atoms with Gasteiger partial charge in [0.2, 0.25) is 11.7 Å². The molecule has 0 radical (unpaired) electrons. The van der Waals surface area contributed by atoms with Crippen LogP contribution in [0.2, 0.25) is 5.02 Å². The van der Waals surface area contributed by atoms with Crippen molar-refractivity contribution < 1.29 is 14.0 Å². The van der Waals surface area contributed by atoms with E-state index in [0.29, 0.717) is 34.3 Å². The molecule has 1 N–H and O–H groups in total. The standard InChI is InChI=1S/C15H18ClN3O3.ClH/c1-20-12-7-9(6-11(16)14(12)21-2)15-18-13(22-19-15)8-10-4-3-5-17-10;/h6-7,10,17H,3-5,8H2,1-2H3;1H. The Morgan fingerprint density at radius 1 is 1.35 bits per heavy atom. The van der Waals surface area contributed by atoms with E-state index < -0.39 is 0 Å². The van der Waals surface area contributed by atoms with Gasteiger partial charge >= 0.3 is 0 Å². The molecule has 8 heteroatoms. The molecule has 0 bridgehead atoms. The summed E-state index contributed by atoms with van der Waals surface area (Å²) in [5, 5.41) is 7.89. The van der Waals surface area contributed by atoms with Crippen LogP contribution in [0.4, 0.5) is 0 Å². The zero-order chi connectivity index (χ0) is 15.5. The number of aromatic nitrogens is 2. The summed E-state index contributed by atoms with van der Waals surface area (Å²) in [7, 11) is 3.11. The van der Waals surface area contributed by atoms with Crippen LogP contribution < -0.4 is 14.8 Å². The highest BCUT2D eigenvalue weighted by Gasteiger charge is 2.20. The van der Waals surface area contributed by atoms with E-state index in [9.17, 15) is 0 Å². The first-order valence-corrected chi connectivity index (χ1v) is 7.57. The maximum Gasteiger partial charge on any atom is 0.228 e. The lowest BCUT2D eigenvalue weighted by Crippen LogP contribution is -2.23. The second-order valence-corrected chi connectivity index (χ2v) is 5.61. The second-order valence-electron chi connectivity index (χ2n) is 5.20. The van der Waals surface area contributed by atoms with E-state index in [2.05, 4.69) is 15.5 Å². The van der Waals surface area contributed by atoms with Gasteiger partial charge in [-0.1, -0.05) is 16.8 Å². The number of hydrogen-bond donors (Lipinski definition) is 1. The third-order valence-corrected chi connectivity index (χ3v) is 4.02. The van der Waals surface area contributed by atoms with E-state index in [4.69, 9.17) is 25.6 Å². The van der Waals surface area contributed by atoms with Crippen molar-refractivity contribution in [1.82, 2.24) is 15.5 Å². The summed E-state index contributed by atoms with van der Waals surface area (Å²) < 4.78 is 15.8. The first-order valence-electron chi connectivity index (χ1n) is 7.19. The topological polar surface area (TPSA) is 69.4 Å². The minimum atomic E-state index is 0. The maximum atomic E-state index is 6.21. The summed E-state index contributed by atoms with van der Waals surface area (Å²) in [5.74, 6) is 2.15. The molecule has 1 aromatic heterocycles. The van der Waals surface area contributed by atoms with Gasteiger partial charge in [-0.15, -0.1) is 12.4 Å². The number of rotatable bonds is 5. The molecule has 0 amide bonds. The Hall–Kier alpha value is -1.50. The zero-order valence-corrected chi connectivity index (χ0v) is 14.5. The zero-order valence-electron chi connectivity index (χ0n) is 13.0. The number of halogens is 2. The largest absolute Gasteiger partial charge is 0.493 e. The maximum absolute atomic E-state index is 6.21. The molecule has 1 aliphatic heterocycles. The van der Waals surface area contributed by atoms with Gasteiger partial charge in [-0.25, -0.2) is 0 Å². The smallest absolute Gasteiger partial charge is 0.228 e. The third-order valence-electron chi connectivity index (χ3n) is 3.74. The number of nitrogens with one attached hydrogen (secondary N) is 1. The molecule has 1 saturated heterocycles. The molecule has 1 unspecified atom stereocenters. The Balaban J connectivity index is 0.00000192. The monoisotopic (exact) mass is 359 g/mol. The van der Waals surface area contributed by atoms with Crippen molar-refractivity contribution >= 4 is 24.0 Å². The van der Waals surface area contributed by atoms with Crippen molar-refractivity contribution in [1.29, 1.82) is 0 Å². The van der Waals surface area contributed by atoms with Crippen molar-refractivity contribution in [3.05, 3.63) is 23.0 Å². The Kier molecular flexibility index (Phi) is 6.10. The summed E-state index contributed by atoms with van der Waals surface area (Å²) in [6.07, 6.45) is 3.07. The Labute approximate surface area is 145 Å². The molecular formula is C15H19Cl2N3O3. The lowest BCUT2D eigenvalue weighted by molar-refractivity contribution is 0.355. The van der Waals surface area contributed by atoms with Crippen LogP contribution in [-0.4, -0.2) is 36.9 Å². The van der Waals surface area contributed by atoms with Gasteiger partial charge in [0.05, 0.1) is 19.2 Å². The molecule has 2 aromatic rings. The normalized spacial score (nSPS) is 16.9. The second kappa shape index (κ2) is 7.86. The summed E-state index contributed by atoms with van der Waals surface area (Å²) in [6, 6.07) is 3.95. The lowest BCUT2D eigenvalue weighted by atomic mass is 10.1. The SMILES string of the molecule is COc1cc(-c2noc(CC3CCCN3)n2)cc(Cl)c1OC.Cl. The van der Waals surface area contributed by atoms with Crippen molar-refractivity contribution in [3.63, 3.8) is 0 Å². The van der Waals surface area contributed by atoms with Gasteiger partial charge in [-0.3, -0.25) is 0 Å². The molecule has 0 spiro atoms. The van der Waals surface area contributed by atoms with Crippen LogP contribution >= 0.6 is 24.0 Å². The molecule has 2 heterocycles. The highest BCUT2D eigenvalue weighted by Crippen LogP contribution is 2.38. The van der Waals surface area contributed by atoms with E-state index in [1.54, 1.807) is 26.4 Å². The first kappa shape index (κ1) is 17.8. The molecule has 1 fully saturated rings. The fourth-order valence-corrected chi connectivity index (χ4v) is 2.93. The van der Waals surface area contributed by atoms with Crippen molar-refractivity contribution in [3.8, 4) is 22.9 Å². The molecule has 3 rings (SSSR count). The van der Waals surface area contributed by atoms with Gasteiger partial charge in [0.25, 0.3) is 0 Å². The quantitative estimate of drug-likeness (QED) is 0.884. The van der Waals surface area contributed by atoms with E-state index in [1.165, 1.54) is 6.42 Å². The number of hydrogen-bond acceptors (Lipinski definition) is 6. The van der Waals surface area contributed by atoms with Crippen LogP contribution in [0.1, 0.15) is 18.7 Å². The molecule has 1 atom stereocenters. The van der Waals surface area contributed by atoms with Gasteiger partial charge in [0, 0.05) is 18.0 Å². The van der Waals surface area contributed by atoms with Crippen LogP contribution in [0, 0.1) is 0 Å². The highest BCUT2D eigenvalue weighted by atomic mass is 35.5. The minimum absolute atomic E-state index is 0. The fraction of sp³-hybridized carbons (Fsp3) is 0.467. The summed E-state index contributed by atoms with van der Waals surface area (Å²) in [6.45, 7) is 1.05. The van der Waals surface area contributed by atoms with Crippen LogP contribution in [0.25, 0.3) is 11.4 Å². The molecule has 23 heavy (non-hydrogen) atoms. The molecule has 6 nitrogen and oxygen atoms in total. The molecule has 0 aliphatic carbocycles. The summed E-state index contributed by atoms with van der Waals surface area (Å²) in [4.78, 5) is 4.44. The van der Waals surface area contributed by atoms with Gasteiger partial charge < -0.3 is 19.3 Å². The average molecular weight is 360 g/mol. The predicted molar refractivity (Wildman–Crippen MR) is 89.8 cm³/mol. The molecular weight excluding hydrogens is 341 g/mol. The first-order chi connectivity index (χ1) is 10.7. The van der Waals surface area contributed by atoms with Gasteiger partial charge in [0.15, 0.2) is 11.5 Å². The van der Waals surface area contributed by atoms with Crippen LogP contribution in [0.15, 0.2) is 16.7 Å². The Morgan fingerprint density at radius 2 is 2.17 bits per heavy atom. The van der Waals surface area contributed by atoms with E-state index >= 15 is 0 Å². The molecule has 0 saturated carbocycles. The third kappa shape index (κ3) is 3.88. The summed E-state index contributed by atoms with van der Waals surface area (Å²) >= 11 is 6.21. The van der Waals surface area contributed by atoms with Crippen molar-refractivity contribution in [2.75, 3.05) is 20.8 Å². The predicted octanol–water partition coefficient (Wildman–Crippen LogP) is 3.12. The van der Waals surface area contributed by atoms with Gasteiger partial charge in [-0.05, 0) is 31.5 Å². The van der Waals surface area contributed by atoms with Crippen LogP contribution in [-0.2, 0) is 6.42 Å². The number of ether oxygens (including phenoxy) is 2. The lowest BCUT2D eigenvalue weighted by Gasteiger charge is -2.10. The van der Waals surface area contributed by atoms with Crippen LogP contribution in [0.3, 0.4) is 0 Å².